The molecule has 0 saturated carbocycles. The number of rotatable bonds is 12. The molecule has 0 bridgehead atoms. The van der Waals surface area contributed by atoms with Gasteiger partial charge < -0.3 is 31.7 Å². The molecule has 0 radical (unpaired) electrons. The lowest BCUT2D eigenvalue weighted by molar-refractivity contribution is -1.09. The highest BCUT2D eigenvalue weighted by atomic mass is 16.7. The van der Waals surface area contributed by atoms with E-state index in [9.17, 15) is 10.4 Å². The maximum atomic E-state index is 11.9. The fourth-order valence-electron chi connectivity index (χ4n) is 1.95. The van der Waals surface area contributed by atoms with Crippen LogP contribution in [0.2, 0.25) is 0 Å². The molecule has 0 fully saturated rings. The Morgan fingerprint density at radius 2 is 1.41 bits per heavy atom. The van der Waals surface area contributed by atoms with Gasteiger partial charge in [-0.15, -0.1) is 0 Å². The molecule has 0 aliphatic heterocycles. The quantitative estimate of drug-likeness (QED) is 0.304. The van der Waals surface area contributed by atoms with Crippen LogP contribution in [0.4, 0.5) is 0 Å². The minimum atomic E-state index is -0.439. The van der Waals surface area contributed by atoms with Crippen LogP contribution in [-0.2, 0) is 4.84 Å². The van der Waals surface area contributed by atoms with Crippen LogP contribution in [0.3, 0.4) is 0 Å². The molecule has 0 heterocycles. The minimum absolute atomic E-state index is 0.0514. The lowest BCUT2D eigenvalue weighted by Gasteiger charge is -2.36. The summed E-state index contributed by atoms with van der Waals surface area (Å²) in [4.78, 5) is 4.93. The van der Waals surface area contributed by atoms with E-state index >= 15 is 0 Å². The van der Waals surface area contributed by atoms with Crippen LogP contribution < -0.4 is 20.6 Å². The van der Waals surface area contributed by atoms with E-state index in [2.05, 4.69) is 19.2 Å². The van der Waals surface area contributed by atoms with Gasteiger partial charge in [0.1, 0.15) is 18.6 Å². The van der Waals surface area contributed by atoms with Gasteiger partial charge in [0, 0.05) is 12.0 Å². The van der Waals surface area contributed by atoms with Crippen molar-refractivity contribution >= 4 is 0 Å². The molecule has 0 aromatic rings. The average Bonchev–Trinajstić information content (AvgIpc) is 2.48. The maximum Gasteiger partial charge on any atom is 0.127 e. The molecule has 0 aromatic heterocycles. The lowest BCUT2D eigenvalue weighted by Crippen LogP contribution is -3.17. The molecule has 3 atom stereocenters. The molecule has 3 unspecified atom stereocenters. The smallest absolute Gasteiger partial charge is 0.127 e. The van der Waals surface area contributed by atoms with Gasteiger partial charge in [0.25, 0.3) is 0 Å². The second-order valence-corrected chi connectivity index (χ2v) is 7.13. The van der Waals surface area contributed by atoms with E-state index in [0.717, 1.165) is 6.42 Å². The third kappa shape index (κ3) is 8.96. The van der Waals surface area contributed by atoms with Crippen LogP contribution in [0.5, 0.6) is 0 Å². The number of hydroxylamine groups is 5. The average molecular weight is 321 g/mol. The summed E-state index contributed by atoms with van der Waals surface area (Å²) in [5.41, 5.74) is -0.491. The molecule has 134 valence electrons. The van der Waals surface area contributed by atoms with Gasteiger partial charge in [-0.2, -0.15) is 0 Å². The molecule has 22 heavy (non-hydrogen) atoms. The van der Waals surface area contributed by atoms with E-state index in [1.54, 1.807) is 0 Å². The molecule has 0 amide bonds. The van der Waals surface area contributed by atoms with Crippen molar-refractivity contribution in [2.24, 2.45) is 0 Å². The fourth-order valence-corrected chi connectivity index (χ4v) is 1.95. The minimum Gasteiger partial charge on any atom is -0.634 e. The Labute approximate surface area is 134 Å². The zero-order valence-electron chi connectivity index (χ0n) is 15.0. The predicted octanol–water partition coefficient (Wildman–Crippen LogP) is -2.28. The lowest BCUT2D eigenvalue weighted by atomic mass is 10.0. The van der Waals surface area contributed by atoms with Gasteiger partial charge in [-0.05, 0) is 34.7 Å². The first kappa shape index (κ1) is 21.7. The van der Waals surface area contributed by atoms with Crippen molar-refractivity contribution in [3.63, 3.8) is 0 Å². The molecule has 0 aromatic carbocycles. The molecule has 0 saturated heterocycles. The molecular formula is C14H35N5O3. The monoisotopic (exact) mass is 321 g/mol. The Kier molecular flexibility index (Phi) is 9.60. The molecule has 0 aliphatic carbocycles. The summed E-state index contributed by atoms with van der Waals surface area (Å²) < 4.78 is 0. The van der Waals surface area contributed by atoms with Crippen molar-refractivity contribution in [1.29, 1.82) is 0 Å². The first-order chi connectivity index (χ1) is 10.0. The molecule has 8 heteroatoms. The van der Waals surface area contributed by atoms with Crippen LogP contribution in [0.1, 0.15) is 40.5 Å². The normalized spacial score (nSPS) is 17.3. The van der Waals surface area contributed by atoms with Crippen LogP contribution in [-0.4, -0.2) is 51.4 Å². The highest BCUT2D eigenvalue weighted by Crippen LogP contribution is 2.04. The van der Waals surface area contributed by atoms with Gasteiger partial charge in [-0.3, -0.25) is 5.17 Å². The second kappa shape index (κ2) is 9.74. The Morgan fingerprint density at radius 3 is 1.82 bits per heavy atom. The Morgan fingerprint density at radius 1 is 0.955 bits per heavy atom. The van der Waals surface area contributed by atoms with Crippen molar-refractivity contribution in [2.45, 2.75) is 51.6 Å². The van der Waals surface area contributed by atoms with Crippen molar-refractivity contribution in [3.8, 4) is 0 Å². The second-order valence-electron chi connectivity index (χ2n) is 7.13. The first-order valence-corrected chi connectivity index (χ1v) is 7.89. The SMILES string of the molecule is CNC(C)(C)CC[NH+]([O-])CC[NH+]([O-])CCC(C)(C)[NH+]([NH-])OC. The van der Waals surface area contributed by atoms with Crippen molar-refractivity contribution in [1.82, 2.24) is 5.32 Å². The maximum absolute atomic E-state index is 11.9. The summed E-state index contributed by atoms with van der Waals surface area (Å²) in [6.45, 7) is 9.38. The van der Waals surface area contributed by atoms with Gasteiger partial charge in [0.05, 0.1) is 26.6 Å². The molecule has 0 rings (SSSR count). The number of nitrogens with one attached hydrogen (secondary N) is 5. The Balaban J connectivity index is 3.96. The third-order valence-electron chi connectivity index (χ3n) is 4.24. The summed E-state index contributed by atoms with van der Waals surface area (Å²) in [7, 11) is 3.35. The van der Waals surface area contributed by atoms with Crippen molar-refractivity contribution < 1.29 is 20.1 Å². The summed E-state index contributed by atoms with van der Waals surface area (Å²) >= 11 is 0. The highest BCUT2D eigenvalue weighted by Gasteiger charge is 2.26. The van der Waals surface area contributed by atoms with Gasteiger partial charge in [-0.1, -0.05) is 0 Å². The number of hydrogen-bond acceptors (Lipinski definition) is 4. The number of hydrogen-bond donors (Lipinski definition) is 4. The summed E-state index contributed by atoms with van der Waals surface area (Å²) in [5.74, 6) is 7.69. The van der Waals surface area contributed by atoms with E-state index in [4.69, 9.17) is 10.7 Å². The summed E-state index contributed by atoms with van der Waals surface area (Å²) in [5, 5.41) is 27.3. The van der Waals surface area contributed by atoms with Crippen LogP contribution in [0, 0.1) is 10.4 Å². The van der Waals surface area contributed by atoms with Crippen LogP contribution in [0.15, 0.2) is 0 Å². The van der Waals surface area contributed by atoms with Crippen LogP contribution >= 0.6 is 0 Å². The Hall–Kier alpha value is -0.320. The van der Waals surface area contributed by atoms with Gasteiger partial charge >= 0.3 is 0 Å². The molecular weight excluding hydrogens is 286 g/mol. The predicted molar refractivity (Wildman–Crippen MR) is 86.9 cm³/mol. The Bertz CT molecular complexity index is 302. The number of quaternary nitrogens is 3. The van der Waals surface area contributed by atoms with Crippen LogP contribution in [0.25, 0.3) is 5.84 Å². The van der Waals surface area contributed by atoms with E-state index in [0.29, 0.717) is 32.6 Å². The van der Waals surface area contributed by atoms with E-state index in [1.807, 2.05) is 20.9 Å². The fraction of sp³-hybridized carbons (Fsp3) is 1.00. The van der Waals surface area contributed by atoms with E-state index < -0.39 is 5.54 Å². The van der Waals surface area contributed by atoms with E-state index in [1.165, 1.54) is 7.11 Å². The van der Waals surface area contributed by atoms with Crippen molar-refractivity contribution in [3.05, 3.63) is 16.3 Å². The topological polar surface area (TPSA) is 104 Å². The zero-order chi connectivity index (χ0) is 17.4. The first-order valence-electron chi connectivity index (χ1n) is 7.89. The van der Waals surface area contributed by atoms with Gasteiger partial charge in [0.2, 0.25) is 0 Å². The molecule has 5 N–H and O–H groups in total. The zero-order valence-corrected chi connectivity index (χ0v) is 15.0. The highest BCUT2D eigenvalue weighted by molar-refractivity contribution is 4.74. The third-order valence-corrected chi connectivity index (χ3v) is 4.24. The standard InChI is InChI=1S/C14H35N5O3/c1-13(2,16-5)7-9-17(20)11-12-18(21)10-8-14(3,4)19(15)22-6/h15-19H,7-12H2,1-6H3. The molecule has 0 spiro atoms. The summed E-state index contributed by atoms with van der Waals surface area (Å²) in [6.07, 6.45) is 1.34. The summed E-state index contributed by atoms with van der Waals surface area (Å²) in [6, 6.07) is 0. The molecule has 0 aliphatic rings. The van der Waals surface area contributed by atoms with E-state index in [-0.39, 0.29) is 20.8 Å². The van der Waals surface area contributed by atoms with Crippen molar-refractivity contribution in [2.75, 3.05) is 40.3 Å². The van der Waals surface area contributed by atoms with Gasteiger partial charge in [-0.25, -0.2) is 4.84 Å². The largest absolute Gasteiger partial charge is 0.634 e. The van der Waals surface area contributed by atoms with Gasteiger partial charge in [0.15, 0.2) is 0 Å². The molecule has 8 nitrogen and oxygen atoms in total.